The second kappa shape index (κ2) is 7.61. The Balaban J connectivity index is 1.68. The maximum Gasteiger partial charge on any atom is 0.267 e. The average molecular weight is 449 g/mol. The number of hydrogen-bond donors (Lipinski definition) is 0. The summed E-state index contributed by atoms with van der Waals surface area (Å²) < 4.78 is 18.1. The number of carbonyl (C=O) groups excluding carboxylic acids is 2. The molecule has 0 spiro atoms. The minimum atomic E-state index is -1.34. The van der Waals surface area contributed by atoms with Gasteiger partial charge in [0.1, 0.15) is 23.3 Å². The number of benzene rings is 1. The van der Waals surface area contributed by atoms with Crippen LogP contribution in [0.1, 0.15) is 34.5 Å². The van der Waals surface area contributed by atoms with Gasteiger partial charge < -0.3 is 14.2 Å². The van der Waals surface area contributed by atoms with Crippen molar-refractivity contribution in [2.24, 2.45) is 0 Å². The lowest BCUT2D eigenvalue weighted by molar-refractivity contribution is -0.125. The van der Waals surface area contributed by atoms with Gasteiger partial charge >= 0.3 is 0 Å². The quantitative estimate of drug-likeness (QED) is 0.572. The molecule has 0 N–H and O–H groups in total. The summed E-state index contributed by atoms with van der Waals surface area (Å²) in [4.78, 5) is 38.3. The molecule has 1 aromatic carbocycles. The molecule has 5 rings (SSSR count). The largest absolute Gasteiger partial charge is 0.612 e. The van der Waals surface area contributed by atoms with E-state index in [9.17, 15) is 14.1 Å². The molecule has 2 unspecified atom stereocenters. The normalized spacial score (nSPS) is 20.6. The molecule has 8 nitrogen and oxygen atoms in total. The van der Waals surface area contributed by atoms with E-state index in [0.29, 0.717) is 22.0 Å². The Morgan fingerprint density at radius 2 is 1.94 bits per heavy atom. The number of amides is 2. The highest BCUT2D eigenvalue weighted by molar-refractivity contribution is 7.90. The van der Waals surface area contributed by atoms with E-state index < -0.39 is 23.3 Å². The van der Waals surface area contributed by atoms with E-state index in [1.54, 1.807) is 61.8 Å². The molecular formula is C23H20N4O4S. The van der Waals surface area contributed by atoms with Crippen LogP contribution >= 0.6 is 0 Å². The van der Waals surface area contributed by atoms with Gasteiger partial charge in [0.05, 0.1) is 6.04 Å². The molecule has 32 heavy (non-hydrogen) atoms. The van der Waals surface area contributed by atoms with Gasteiger partial charge in [-0.2, -0.15) is 4.98 Å². The summed E-state index contributed by atoms with van der Waals surface area (Å²) in [7, 11) is 1.67. The molecule has 2 aromatic heterocycles. The monoisotopic (exact) mass is 448 g/mol. The van der Waals surface area contributed by atoms with Crippen molar-refractivity contribution in [1.82, 2.24) is 9.97 Å². The van der Waals surface area contributed by atoms with Gasteiger partial charge in [-0.1, -0.05) is 18.2 Å². The Hall–Kier alpha value is -3.43. The van der Waals surface area contributed by atoms with E-state index in [1.165, 1.54) is 4.90 Å². The molecule has 2 amide bonds. The number of nitrogens with zero attached hydrogens (tertiary/aromatic N) is 4. The maximum atomic E-state index is 13.7. The van der Waals surface area contributed by atoms with E-state index >= 15 is 0 Å². The van der Waals surface area contributed by atoms with Gasteiger partial charge in [-0.3, -0.25) is 19.5 Å². The first-order valence-electron chi connectivity index (χ1n) is 10.0. The number of ether oxygens (including phenoxy) is 1. The summed E-state index contributed by atoms with van der Waals surface area (Å²) in [5.41, 5.74) is 2.51. The number of aromatic nitrogens is 2. The summed E-state index contributed by atoms with van der Waals surface area (Å²) in [6, 6.07) is 12.0. The maximum absolute atomic E-state index is 13.7. The number of pyridine rings is 2. The lowest BCUT2D eigenvalue weighted by atomic mass is 9.99. The van der Waals surface area contributed by atoms with E-state index in [1.807, 2.05) is 18.2 Å². The van der Waals surface area contributed by atoms with Crippen LogP contribution in [-0.4, -0.2) is 45.7 Å². The van der Waals surface area contributed by atoms with E-state index in [0.717, 1.165) is 11.1 Å². The number of likely N-dealkylation sites (N-methyl/N-ethyl adjacent to an activating group) is 1. The minimum absolute atomic E-state index is 0.167. The highest BCUT2D eigenvalue weighted by atomic mass is 32.2. The molecule has 2 aliphatic heterocycles. The molecule has 0 saturated carbocycles. The number of hydrogen-bond acceptors (Lipinski definition) is 6. The molecule has 0 fully saturated rings. The van der Waals surface area contributed by atoms with Crippen molar-refractivity contribution < 1.29 is 18.9 Å². The summed E-state index contributed by atoms with van der Waals surface area (Å²) in [5.74, 6) is 0.201. The molecule has 0 saturated heterocycles. The third-order valence-corrected chi connectivity index (χ3v) is 6.71. The fourth-order valence-corrected chi connectivity index (χ4v) is 5.00. The number of anilines is 2. The Morgan fingerprint density at radius 1 is 1.12 bits per heavy atom. The molecule has 2 aliphatic rings. The van der Waals surface area contributed by atoms with Gasteiger partial charge in [-0.15, -0.1) is 0 Å². The van der Waals surface area contributed by atoms with Gasteiger partial charge in [0.15, 0.2) is 11.0 Å². The topological polar surface area (TPSA) is 98.7 Å². The zero-order valence-corrected chi connectivity index (χ0v) is 18.5. The molecule has 3 aromatic rings. The van der Waals surface area contributed by atoms with Crippen LogP contribution in [-0.2, 0) is 16.0 Å². The smallest absolute Gasteiger partial charge is 0.267 e. The Morgan fingerprint density at radius 3 is 2.66 bits per heavy atom. The lowest BCUT2D eigenvalue weighted by Crippen LogP contribution is -2.42. The third kappa shape index (κ3) is 3.04. The van der Waals surface area contributed by atoms with Gasteiger partial charge in [0.25, 0.3) is 11.8 Å². The van der Waals surface area contributed by atoms with Crippen LogP contribution in [0.15, 0.2) is 59.8 Å². The van der Waals surface area contributed by atoms with Crippen LogP contribution in [0, 0.1) is 0 Å². The first-order valence-corrected chi connectivity index (χ1v) is 11.6. The first kappa shape index (κ1) is 20.5. The molecule has 4 heterocycles. The number of fused-ring (bicyclic) bond motifs is 2. The van der Waals surface area contributed by atoms with Gasteiger partial charge in [-0.25, -0.2) is 0 Å². The van der Waals surface area contributed by atoms with Crippen molar-refractivity contribution in [2.45, 2.75) is 24.0 Å². The Labute approximate surface area is 188 Å². The number of carbonyl (C=O) groups is 2. The van der Waals surface area contributed by atoms with Crippen molar-refractivity contribution in [1.29, 1.82) is 0 Å². The highest BCUT2D eigenvalue weighted by Gasteiger charge is 2.43. The Kier molecular flexibility index (Phi) is 4.87. The lowest BCUT2D eigenvalue weighted by Gasteiger charge is -2.31. The van der Waals surface area contributed by atoms with Crippen molar-refractivity contribution in [3.63, 3.8) is 0 Å². The van der Waals surface area contributed by atoms with Crippen molar-refractivity contribution in [2.75, 3.05) is 23.1 Å². The van der Waals surface area contributed by atoms with Crippen LogP contribution in [0.5, 0.6) is 5.88 Å². The second-order valence-electron chi connectivity index (χ2n) is 7.69. The average Bonchev–Trinajstić information content (AvgIpc) is 3.10. The molecule has 3 atom stereocenters. The predicted molar refractivity (Wildman–Crippen MR) is 119 cm³/mol. The van der Waals surface area contributed by atoms with Gasteiger partial charge in [0, 0.05) is 19.4 Å². The fraction of sp³-hybridized carbons (Fsp3) is 0.217. The zero-order chi connectivity index (χ0) is 22.6. The van der Waals surface area contributed by atoms with E-state index in [-0.39, 0.29) is 17.7 Å². The minimum Gasteiger partial charge on any atom is -0.612 e. The molecule has 0 bridgehead atoms. The first-order chi connectivity index (χ1) is 15.4. The molecule has 162 valence electrons. The van der Waals surface area contributed by atoms with Crippen LogP contribution in [0.4, 0.5) is 11.5 Å². The van der Waals surface area contributed by atoms with Crippen LogP contribution < -0.4 is 14.5 Å². The number of rotatable bonds is 3. The van der Waals surface area contributed by atoms with Crippen molar-refractivity contribution in [3.05, 3.63) is 71.5 Å². The SMILES string of the molecule is C[C@H]1Oc2nc(N3C(=O)c4c(cccc4[S+](C)[O-])C3c3cccnc3)ccc2N(C)C1=O. The predicted octanol–water partition coefficient (Wildman–Crippen LogP) is 2.71. The summed E-state index contributed by atoms with van der Waals surface area (Å²) in [6.07, 6.45) is 4.26. The highest BCUT2D eigenvalue weighted by Crippen LogP contribution is 2.44. The summed E-state index contributed by atoms with van der Waals surface area (Å²) in [5, 5.41) is 0. The third-order valence-electron chi connectivity index (χ3n) is 5.75. The van der Waals surface area contributed by atoms with Crippen molar-refractivity contribution in [3.8, 4) is 5.88 Å². The molecular weight excluding hydrogens is 428 g/mol. The van der Waals surface area contributed by atoms with Crippen LogP contribution in [0.25, 0.3) is 0 Å². The molecule has 0 radical (unpaired) electrons. The molecule has 0 aliphatic carbocycles. The Bertz CT molecular complexity index is 1230. The van der Waals surface area contributed by atoms with Crippen LogP contribution in [0.2, 0.25) is 0 Å². The van der Waals surface area contributed by atoms with Gasteiger partial charge in [-0.05, 0) is 53.5 Å². The molecule has 9 heteroatoms. The van der Waals surface area contributed by atoms with E-state index in [4.69, 9.17) is 4.74 Å². The zero-order valence-electron chi connectivity index (χ0n) is 17.7. The summed E-state index contributed by atoms with van der Waals surface area (Å²) >= 11 is -1.34. The summed E-state index contributed by atoms with van der Waals surface area (Å²) in [6.45, 7) is 1.66. The van der Waals surface area contributed by atoms with Crippen molar-refractivity contribution >= 4 is 34.5 Å². The standard InChI is InChI=1S/C23H20N4O4S/c1-13-22(28)26(2)16-9-10-18(25-21(16)31-13)27-20(14-6-5-11-24-12-14)15-7-4-8-17(32(3)30)19(15)23(27)29/h4-13,20H,1-3H3/t13-,20?,32?/m1/s1. The fourth-order valence-electron chi connectivity index (χ4n) is 4.23. The van der Waals surface area contributed by atoms with E-state index in [2.05, 4.69) is 9.97 Å². The van der Waals surface area contributed by atoms with Gasteiger partial charge in [0.2, 0.25) is 5.88 Å². The second-order valence-corrected chi connectivity index (χ2v) is 9.04. The van der Waals surface area contributed by atoms with Crippen LogP contribution in [0.3, 0.4) is 0 Å².